The van der Waals surface area contributed by atoms with Gasteiger partial charge in [-0.05, 0) is 14.0 Å². The molecular weight excluding hydrogens is 155 g/mol. The molecule has 1 rings (SSSR count). The third-order valence-electron chi connectivity index (χ3n) is 2.23. The number of nitrogens with zero attached hydrogens (tertiary/aromatic N) is 1. The van der Waals surface area contributed by atoms with E-state index in [0.717, 1.165) is 6.92 Å². The highest BCUT2D eigenvalue weighted by molar-refractivity contribution is 5.06. The van der Waals surface area contributed by atoms with Gasteiger partial charge in [-0.15, -0.1) is 0 Å². The average molecular weight is 167 g/mol. The lowest BCUT2D eigenvalue weighted by Crippen LogP contribution is -2.45. The first-order chi connectivity index (χ1) is 4.91. The normalized spacial score (nSPS) is 46.6. The topological polar surface area (TPSA) is 3.24 Å². The molecule has 1 heterocycles. The number of hydrogen-bond acceptors (Lipinski definition) is 1. The molecule has 0 saturated carbocycles. The van der Waals surface area contributed by atoms with Crippen LogP contribution in [0.3, 0.4) is 0 Å². The summed E-state index contributed by atoms with van der Waals surface area (Å²) in [4.78, 5) is 1.46. The molecule has 11 heavy (non-hydrogen) atoms. The second-order valence-corrected chi connectivity index (χ2v) is 3.47. The van der Waals surface area contributed by atoms with Gasteiger partial charge in [-0.3, -0.25) is 4.90 Å². The smallest absolute Gasteiger partial charge is 0.186 e. The molecule has 0 aliphatic carbocycles. The molecule has 1 aliphatic heterocycles. The maximum atomic E-state index is 13.3. The van der Waals surface area contributed by atoms with Gasteiger partial charge in [-0.2, -0.15) is 0 Å². The molecule has 66 valence electrons. The van der Waals surface area contributed by atoms with Crippen LogP contribution in [0.15, 0.2) is 0 Å². The summed E-state index contributed by atoms with van der Waals surface area (Å²) in [7, 11) is 1.58. The van der Waals surface area contributed by atoms with E-state index in [0.29, 0.717) is 0 Å². The Kier molecular flexibility index (Phi) is 1.90. The van der Waals surface area contributed by atoms with E-state index in [1.165, 1.54) is 4.90 Å². The van der Waals surface area contributed by atoms with Crippen LogP contribution in [0.5, 0.6) is 0 Å². The van der Waals surface area contributed by atoms with Gasteiger partial charge >= 0.3 is 0 Å². The number of rotatable bonds is 1. The summed E-state index contributed by atoms with van der Waals surface area (Å²) in [6.07, 6.45) is 0. The SMILES string of the molecule is CN1C[C@](F)(CF)[C@](C)(F)C1. The van der Waals surface area contributed by atoms with Gasteiger partial charge in [-0.1, -0.05) is 0 Å². The summed E-state index contributed by atoms with van der Waals surface area (Å²) < 4.78 is 38.6. The van der Waals surface area contributed by atoms with E-state index in [1.807, 2.05) is 0 Å². The standard InChI is InChI=1S/C7H12F3N/c1-6(9)4-11(2)5-7(6,10)3-8/h3-5H2,1-2H3/t6-,7-/m1/s1. The third kappa shape index (κ3) is 1.24. The summed E-state index contributed by atoms with van der Waals surface area (Å²) in [6.45, 7) is -0.329. The Balaban J connectivity index is 2.81. The second-order valence-electron chi connectivity index (χ2n) is 3.47. The van der Waals surface area contributed by atoms with E-state index in [4.69, 9.17) is 0 Å². The van der Waals surface area contributed by atoms with Crippen molar-refractivity contribution in [3.8, 4) is 0 Å². The molecule has 1 fully saturated rings. The quantitative estimate of drug-likeness (QED) is 0.569. The van der Waals surface area contributed by atoms with Crippen molar-refractivity contribution in [3.05, 3.63) is 0 Å². The fourth-order valence-corrected chi connectivity index (χ4v) is 1.48. The van der Waals surface area contributed by atoms with Crippen molar-refractivity contribution in [2.75, 3.05) is 26.8 Å². The molecule has 0 spiro atoms. The van der Waals surface area contributed by atoms with E-state index in [1.54, 1.807) is 7.05 Å². The highest BCUT2D eigenvalue weighted by atomic mass is 19.2. The van der Waals surface area contributed by atoms with Gasteiger partial charge in [0.25, 0.3) is 0 Å². The van der Waals surface area contributed by atoms with Gasteiger partial charge in [0.05, 0.1) is 0 Å². The molecule has 0 aromatic rings. The Bertz CT molecular complexity index is 160. The Morgan fingerprint density at radius 1 is 1.36 bits per heavy atom. The van der Waals surface area contributed by atoms with Crippen molar-refractivity contribution in [1.29, 1.82) is 0 Å². The summed E-state index contributed by atoms with van der Waals surface area (Å²) >= 11 is 0. The first-order valence-electron chi connectivity index (χ1n) is 3.54. The Morgan fingerprint density at radius 3 is 2.09 bits per heavy atom. The molecule has 0 amide bonds. The van der Waals surface area contributed by atoms with Crippen molar-refractivity contribution in [3.63, 3.8) is 0 Å². The molecule has 1 aliphatic rings. The minimum atomic E-state index is -2.30. The molecule has 4 heteroatoms. The van der Waals surface area contributed by atoms with Crippen molar-refractivity contribution in [1.82, 2.24) is 4.90 Å². The molecule has 0 unspecified atom stereocenters. The van der Waals surface area contributed by atoms with Gasteiger partial charge in [0.15, 0.2) is 11.3 Å². The molecule has 0 aromatic carbocycles. The van der Waals surface area contributed by atoms with Gasteiger partial charge in [-0.25, -0.2) is 13.2 Å². The molecule has 1 saturated heterocycles. The number of hydrogen-bond donors (Lipinski definition) is 0. The molecule has 0 bridgehead atoms. The van der Waals surface area contributed by atoms with Crippen LogP contribution in [0, 0.1) is 0 Å². The summed E-state index contributed by atoms with van der Waals surface area (Å²) in [5, 5.41) is 0. The van der Waals surface area contributed by atoms with E-state index in [-0.39, 0.29) is 13.1 Å². The Morgan fingerprint density at radius 2 is 1.91 bits per heavy atom. The summed E-state index contributed by atoms with van der Waals surface area (Å²) in [5.41, 5.74) is -4.35. The highest BCUT2D eigenvalue weighted by Gasteiger charge is 2.56. The van der Waals surface area contributed by atoms with Crippen LogP contribution in [0.25, 0.3) is 0 Å². The first kappa shape index (κ1) is 8.84. The van der Waals surface area contributed by atoms with Crippen LogP contribution in [-0.2, 0) is 0 Å². The fraction of sp³-hybridized carbons (Fsp3) is 1.00. The van der Waals surface area contributed by atoms with Crippen LogP contribution in [0.2, 0.25) is 0 Å². The van der Waals surface area contributed by atoms with Crippen LogP contribution in [-0.4, -0.2) is 43.0 Å². The first-order valence-corrected chi connectivity index (χ1v) is 3.54. The van der Waals surface area contributed by atoms with Gasteiger partial charge in [0.2, 0.25) is 0 Å². The molecule has 0 radical (unpaired) electrons. The van der Waals surface area contributed by atoms with Crippen LogP contribution < -0.4 is 0 Å². The second kappa shape index (κ2) is 2.37. The van der Waals surface area contributed by atoms with Crippen molar-refractivity contribution in [2.45, 2.75) is 18.3 Å². The minimum Gasteiger partial charge on any atom is -0.300 e. The average Bonchev–Trinajstić information content (AvgIpc) is 2.03. The van der Waals surface area contributed by atoms with E-state index in [2.05, 4.69) is 0 Å². The lowest BCUT2D eigenvalue weighted by Gasteiger charge is -2.25. The lowest BCUT2D eigenvalue weighted by atomic mass is 9.93. The summed E-state index contributed by atoms with van der Waals surface area (Å²) in [5.74, 6) is 0. The van der Waals surface area contributed by atoms with Crippen molar-refractivity contribution < 1.29 is 13.2 Å². The maximum absolute atomic E-state index is 13.3. The molecular formula is C7H12F3N. The largest absolute Gasteiger partial charge is 0.300 e. The molecule has 1 nitrogen and oxygen atoms in total. The van der Waals surface area contributed by atoms with E-state index in [9.17, 15) is 13.2 Å². The van der Waals surface area contributed by atoms with Crippen LogP contribution in [0.4, 0.5) is 13.2 Å². The number of alkyl halides is 3. The molecule has 0 N–H and O–H groups in total. The van der Waals surface area contributed by atoms with Crippen LogP contribution in [0.1, 0.15) is 6.92 Å². The van der Waals surface area contributed by atoms with Crippen molar-refractivity contribution in [2.24, 2.45) is 0 Å². The van der Waals surface area contributed by atoms with Gasteiger partial charge in [0.1, 0.15) is 6.67 Å². The predicted octanol–water partition coefficient (Wildman–Crippen LogP) is 1.34. The lowest BCUT2D eigenvalue weighted by molar-refractivity contribution is -0.00227. The number of likely N-dealkylation sites (tertiary alicyclic amines) is 1. The maximum Gasteiger partial charge on any atom is 0.186 e. The number of halogens is 3. The molecule has 0 aromatic heterocycles. The Labute approximate surface area is 64.2 Å². The third-order valence-corrected chi connectivity index (χ3v) is 2.23. The van der Waals surface area contributed by atoms with Gasteiger partial charge < -0.3 is 0 Å². The minimum absolute atomic E-state index is 0.0343. The van der Waals surface area contributed by atoms with Gasteiger partial charge in [0, 0.05) is 13.1 Å². The monoisotopic (exact) mass is 167 g/mol. The molecule has 2 atom stereocenters. The Hall–Kier alpha value is -0.250. The zero-order chi connectivity index (χ0) is 8.70. The predicted molar refractivity (Wildman–Crippen MR) is 36.8 cm³/mol. The van der Waals surface area contributed by atoms with Crippen LogP contribution >= 0.6 is 0 Å². The fourth-order valence-electron chi connectivity index (χ4n) is 1.48. The van der Waals surface area contributed by atoms with E-state index < -0.39 is 18.0 Å². The van der Waals surface area contributed by atoms with Crippen molar-refractivity contribution >= 4 is 0 Å². The van der Waals surface area contributed by atoms with E-state index >= 15 is 0 Å². The highest BCUT2D eigenvalue weighted by Crippen LogP contribution is 2.37. The zero-order valence-corrected chi connectivity index (χ0v) is 6.70. The zero-order valence-electron chi connectivity index (χ0n) is 6.70. The summed E-state index contributed by atoms with van der Waals surface area (Å²) in [6, 6.07) is 0.